The molecule has 1 N–H and O–H groups in total. The molecule has 3 aromatic rings. The number of carbonyl (C=O) groups is 2. The van der Waals surface area contributed by atoms with Crippen molar-refractivity contribution in [1.29, 1.82) is 0 Å². The van der Waals surface area contributed by atoms with Gasteiger partial charge in [-0.1, -0.05) is 12.1 Å². The summed E-state index contributed by atoms with van der Waals surface area (Å²) in [5.74, 6) is 1.27. The fraction of sp³-hybridized carbons (Fsp3) is 0.417. The zero-order valence-electron chi connectivity index (χ0n) is 18.0. The topological polar surface area (TPSA) is 91.6 Å². The number of benzene rings is 1. The van der Waals surface area contributed by atoms with Crippen molar-refractivity contribution in [3.05, 3.63) is 43.1 Å². The number of anilines is 1. The van der Waals surface area contributed by atoms with Gasteiger partial charge in [0.2, 0.25) is 11.8 Å². The molecule has 0 atom stereocenters. The molecule has 8 nitrogen and oxygen atoms in total. The molecule has 5 rings (SSSR count). The van der Waals surface area contributed by atoms with E-state index in [9.17, 15) is 9.59 Å². The highest BCUT2D eigenvalue weighted by atomic mass is 16.3. The number of aromatic nitrogens is 2. The van der Waals surface area contributed by atoms with E-state index in [1.165, 1.54) is 19.2 Å². The van der Waals surface area contributed by atoms with Gasteiger partial charge in [0.1, 0.15) is 5.82 Å². The molecule has 2 fully saturated rings. The highest BCUT2D eigenvalue weighted by Gasteiger charge is 2.28. The molecule has 0 bridgehead atoms. The lowest BCUT2D eigenvalue weighted by Gasteiger charge is -2.32. The monoisotopic (exact) mass is 433 g/mol. The van der Waals surface area contributed by atoms with Gasteiger partial charge in [0.25, 0.3) is 0 Å². The maximum absolute atomic E-state index is 12.8. The molecule has 166 valence electrons. The van der Waals surface area contributed by atoms with E-state index in [4.69, 9.17) is 4.42 Å². The third-order valence-corrected chi connectivity index (χ3v) is 6.47. The third-order valence-electron chi connectivity index (χ3n) is 6.47. The summed E-state index contributed by atoms with van der Waals surface area (Å²) in [7, 11) is 0. The Morgan fingerprint density at radius 1 is 1.03 bits per heavy atom. The second-order valence-electron chi connectivity index (χ2n) is 8.62. The first-order valence-corrected chi connectivity index (χ1v) is 11.3. The minimum absolute atomic E-state index is 0.0325. The van der Waals surface area contributed by atoms with Crippen molar-refractivity contribution in [2.75, 3.05) is 38.0 Å². The predicted octanol–water partition coefficient (Wildman–Crippen LogP) is 3.16. The Kier molecular flexibility index (Phi) is 5.85. The lowest BCUT2D eigenvalue weighted by molar-refractivity contribution is -0.135. The number of hydrogen-bond donors (Lipinski definition) is 1. The number of carbonyl (C=O) groups excluding carboxylic acids is 2. The summed E-state index contributed by atoms with van der Waals surface area (Å²) in [6, 6.07) is 7.81. The Balaban J connectivity index is 1.19. The highest BCUT2D eigenvalue weighted by molar-refractivity contribution is 5.95. The van der Waals surface area contributed by atoms with Crippen molar-refractivity contribution in [2.24, 2.45) is 5.92 Å². The molecule has 0 saturated carbocycles. The van der Waals surface area contributed by atoms with Gasteiger partial charge in [-0.05, 0) is 56.3 Å². The standard InChI is InChI=1S/C24H27N5O3/c30-23(15-28-7-1-2-8-28)29-9-5-17(6-10-29)24(31)27-22-12-20-11-18(21-14-25-16-32-21)3-4-19(20)13-26-22/h3-4,11-14,16-17H,1-2,5-10,15H2,(H,26,27,31). The van der Waals surface area contributed by atoms with Gasteiger partial charge in [-0.15, -0.1) is 0 Å². The lowest BCUT2D eigenvalue weighted by Crippen LogP contribution is -2.45. The molecule has 0 radical (unpaired) electrons. The number of fused-ring (bicyclic) bond motifs is 1. The molecule has 2 aliphatic rings. The first kappa shape index (κ1) is 20.6. The van der Waals surface area contributed by atoms with Gasteiger partial charge in [0, 0.05) is 36.2 Å². The van der Waals surface area contributed by atoms with Crippen LogP contribution in [-0.2, 0) is 9.59 Å². The van der Waals surface area contributed by atoms with E-state index in [2.05, 4.69) is 20.2 Å². The summed E-state index contributed by atoms with van der Waals surface area (Å²) >= 11 is 0. The average Bonchev–Trinajstić information content (AvgIpc) is 3.53. The van der Waals surface area contributed by atoms with Crippen molar-refractivity contribution in [1.82, 2.24) is 19.8 Å². The van der Waals surface area contributed by atoms with Gasteiger partial charge in [-0.3, -0.25) is 14.5 Å². The molecule has 2 saturated heterocycles. The van der Waals surface area contributed by atoms with Crippen LogP contribution in [0, 0.1) is 5.92 Å². The smallest absolute Gasteiger partial charge is 0.236 e. The SMILES string of the molecule is O=C(Nc1cc2cc(-c3cnco3)ccc2cn1)C1CCN(C(=O)CN2CCCC2)CC1. The van der Waals surface area contributed by atoms with Crippen LogP contribution in [0.15, 0.2) is 47.5 Å². The fourth-order valence-corrected chi connectivity index (χ4v) is 4.57. The van der Waals surface area contributed by atoms with Gasteiger partial charge in [-0.25, -0.2) is 9.97 Å². The maximum atomic E-state index is 12.8. The molecule has 0 spiro atoms. The maximum Gasteiger partial charge on any atom is 0.236 e. The Hall–Kier alpha value is -3.26. The van der Waals surface area contributed by atoms with Gasteiger partial charge < -0.3 is 14.6 Å². The zero-order valence-corrected chi connectivity index (χ0v) is 18.0. The number of likely N-dealkylation sites (tertiary alicyclic amines) is 2. The summed E-state index contributed by atoms with van der Waals surface area (Å²) in [5, 5.41) is 4.91. The first-order valence-electron chi connectivity index (χ1n) is 11.3. The fourth-order valence-electron chi connectivity index (χ4n) is 4.57. The summed E-state index contributed by atoms with van der Waals surface area (Å²) in [6.45, 7) is 3.81. The number of amides is 2. The van der Waals surface area contributed by atoms with E-state index in [-0.39, 0.29) is 17.7 Å². The van der Waals surface area contributed by atoms with Crippen LogP contribution in [0.4, 0.5) is 5.82 Å². The van der Waals surface area contributed by atoms with Gasteiger partial charge in [0.05, 0.1) is 12.7 Å². The molecule has 0 unspecified atom stereocenters. The van der Waals surface area contributed by atoms with Crippen LogP contribution in [0.2, 0.25) is 0 Å². The van der Waals surface area contributed by atoms with Crippen LogP contribution < -0.4 is 5.32 Å². The van der Waals surface area contributed by atoms with E-state index in [1.54, 1.807) is 12.4 Å². The van der Waals surface area contributed by atoms with Crippen molar-refractivity contribution >= 4 is 28.4 Å². The van der Waals surface area contributed by atoms with Crippen LogP contribution in [0.25, 0.3) is 22.1 Å². The summed E-state index contributed by atoms with van der Waals surface area (Å²) in [6.07, 6.45) is 8.56. The largest absolute Gasteiger partial charge is 0.444 e. The summed E-state index contributed by atoms with van der Waals surface area (Å²) in [5.41, 5.74) is 0.921. The van der Waals surface area contributed by atoms with Crippen molar-refractivity contribution < 1.29 is 14.0 Å². The van der Waals surface area contributed by atoms with Crippen LogP contribution >= 0.6 is 0 Å². The number of nitrogens with zero attached hydrogens (tertiary/aromatic N) is 4. The number of oxazole rings is 1. The predicted molar refractivity (Wildman–Crippen MR) is 121 cm³/mol. The third kappa shape index (κ3) is 4.50. The Bertz CT molecular complexity index is 1100. The molecule has 1 aromatic carbocycles. The van der Waals surface area contributed by atoms with Gasteiger partial charge in [0.15, 0.2) is 12.2 Å². The number of piperidine rings is 1. The molecule has 2 aromatic heterocycles. The van der Waals surface area contributed by atoms with E-state index >= 15 is 0 Å². The van der Waals surface area contributed by atoms with Crippen molar-refractivity contribution in [3.63, 3.8) is 0 Å². The number of rotatable bonds is 5. The number of hydrogen-bond acceptors (Lipinski definition) is 6. The Morgan fingerprint density at radius 3 is 2.59 bits per heavy atom. The molecule has 4 heterocycles. The summed E-state index contributed by atoms with van der Waals surface area (Å²) in [4.78, 5) is 37.8. The normalized spacial score (nSPS) is 17.7. The Labute approximate surface area is 186 Å². The van der Waals surface area contributed by atoms with Crippen molar-refractivity contribution in [2.45, 2.75) is 25.7 Å². The van der Waals surface area contributed by atoms with Gasteiger partial charge in [-0.2, -0.15) is 0 Å². The average molecular weight is 434 g/mol. The van der Waals surface area contributed by atoms with Crippen LogP contribution in [-0.4, -0.2) is 64.3 Å². The molecule has 2 aliphatic heterocycles. The lowest BCUT2D eigenvalue weighted by atomic mass is 9.96. The molecule has 8 heteroatoms. The Morgan fingerprint density at radius 2 is 1.84 bits per heavy atom. The highest BCUT2D eigenvalue weighted by Crippen LogP contribution is 2.26. The number of nitrogens with one attached hydrogen (secondary N) is 1. The minimum Gasteiger partial charge on any atom is -0.444 e. The molecule has 32 heavy (non-hydrogen) atoms. The van der Waals surface area contributed by atoms with E-state index < -0.39 is 0 Å². The molecule has 2 amide bonds. The number of pyridine rings is 1. The van der Waals surface area contributed by atoms with E-state index in [0.717, 1.165) is 29.4 Å². The van der Waals surface area contributed by atoms with E-state index in [1.807, 2.05) is 29.2 Å². The van der Waals surface area contributed by atoms with Crippen molar-refractivity contribution in [3.8, 4) is 11.3 Å². The second-order valence-corrected chi connectivity index (χ2v) is 8.62. The van der Waals surface area contributed by atoms with Crippen LogP contribution in [0.3, 0.4) is 0 Å². The summed E-state index contributed by atoms with van der Waals surface area (Å²) < 4.78 is 5.38. The van der Waals surface area contributed by atoms with Gasteiger partial charge >= 0.3 is 0 Å². The van der Waals surface area contributed by atoms with Crippen LogP contribution in [0.1, 0.15) is 25.7 Å². The quantitative estimate of drug-likeness (QED) is 0.665. The zero-order chi connectivity index (χ0) is 21.9. The minimum atomic E-state index is -0.108. The second kappa shape index (κ2) is 9.08. The molecular formula is C24H27N5O3. The van der Waals surface area contributed by atoms with E-state index in [0.29, 0.717) is 44.1 Å². The van der Waals surface area contributed by atoms with Crippen LogP contribution in [0.5, 0.6) is 0 Å². The first-order chi connectivity index (χ1) is 15.7. The molecule has 0 aliphatic carbocycles. The molecular weight excluding hydrogens is 406 g/mol.